The monoisotopic (exact) mass is 263 g/mol. The lowest BCUT2D eigenvalue weighted by Crippen LogP contribution is -2.21. The molecule has 1 unspecified atom stereocenters. The van der Waals surface area contributed by atoms with Crippen molar-refractivity contribution in [2.75, 3.05) is 6.54 Å². The van der Waals surface area contributed by atoms with Crippen molar-refractivity contribution in [3.05, 3.63) is 42.5 Å². The first kappa shape index (κ1) is 13.1. The van der Waals surface area contributed by atoms with E-state index in [0.29, 0.717) is 17.9 Å². The molecule has 2 aromatic carbocycles. The molecule has 0 aliphatic carbocycles. The predicted octanol–water partition coefficient (Wildman–Crippen LogP) is 2.35. The van der Waals surface area contributed by atoms with Crippen LogP contribution in [0.15, 0.2) is 47.4 Å². The van der Waals surface area contributed by atoms with Crippen LogP contribution in [0.3, 0.4) is 0 Å². The maximum Gasteiger partial charge on any atom is 0.181 e. The fraction of sp³-hybridized carbons (Fsp3) is 0.286. The van der Waals surface area contributed by atoms with E-state index in [-0.39, 0.29) is 0 Å². The fourth-order valence-corrected chi connectivity index (χ4v) is 3.43. The Balaban J connectivity index is 2.48. The summed E-state index contributed by atoms with van der Waals surface area (Å²) in [5.41, 5.74) is 5.43. The normalized spacial score (nSPS) is 13.7. The molecule has 0 fully saturated rings. The highest BCUT2D eigenvalue weighted by atomic mass is 32.2. The highest BCUT2D eigenvalue weighted by Gasteiger charge is 2.22. The first-order valence-electron chi connectivity index (χ1n) is 5.98. The molecule has 0 saturated heterocycles. The molecule has 3 nitrogen and oxygen atoms in total. The molecule has 0 amide bonds. The molecular formula is C14H17NO2S. The van der Waals surface area contributed by atoms with Crippen molar-refractivity contribution in [1.29, 1.82) is 0 Å². The van der Waals surface area contributed by atoms with Crippen LogP contribution in [-0.4, -0.2) is 20.2 Å². The largest absolute Gasteiger partial charge is 0.330 e. The third kappa shape index (κ3) is 2.40. The van der Waals surface area contributed by atoms with Crippen LogP contribution in [0.4, 0.5) is 0 Å². The maximum absolute atomic E-state index is 12.3. The van der Waals surface area contributed by atoms with Crippen LogP contribution < -0.4 is 5.73 Å². The molecule has 18 heavy (non-hydrogen) atoms. The zero-order chi connectivity index (χ0) is 13.2. The fourth-order valence-electron chi connectivity index (χ4n) is 1.97. The van der Waals surface area contributed by atoms with Crippen molar-refractivity contribution in [3.8, 4) is 0 Å². The molecule has 0 saturated carbocycles. The van der Waals surface area contributed by atoms with Crippen LogP contribution in [-0.2, 0) is 9.84 Å². The second kappa shape index (κ2) is 5.08. The van der Waals surface area contributed by atoms with Gasteiger partial charge in [0.25, 0.3) is 0 Å². The van der Waals surface area contributed by atoms with E-state index in [4.69, 9.17) is 5.73 Å². The second-order valence-corrected chi connectivity index (χ2v) is 6.81. The van der Waals surface area contributed by atoms with Gasteiger partial charge >= 0.3 is 0 Å². The lowest BCUT2D eigenvalue weighted by molar-refractivity contribution is 0.578. The second-order valence-electron chi connectivity index (χ2n) is 4.44. The van der Waals surface area contributed by atoms with E-state index in [0.717, 1.165) is 10.8 Å². The van der Waals surface area contributed by atoms with Crippen molar-refractivity contribution in [3.63, 3.8) is 0 Å². The topological polar surface area (TPSA) is 60.2 Å². The molecule has 0 spiro atoms. The maximum atomic E-state index is 12.3. The van der Waals surface area contributed by atoms with Crippen LogP contribution in [0.2, 0.25) is 0 Å². The molecule has 1 atom stereocenters. The standard InChI is InChI=1S/C14H17NO2S/c1-11(8-9-15)18(16,17)14-7-6-12-4-2-3-5-13(12)10-14/h2-7,10-11H,8-9,15H2,1H3. The summed E-state index contributed by atoms with van der Waals surface area (Å²) in [5, 5.41) is 1.55. The summed E-state index contributed by atoms with van der Waals surface area (Å²) in [6, 6.07) is 13.0. The molecule has 0 bridgehead atoms. The summed E-state index contributed by atoms with van der Waals surface area (Å²) in [6.07, 6.45) is 0.481. The molecule has 0 aliphatic heterocycles. The number of nitrogens with two attached hydrogens (primary N) is 1. The van der Waals surface area contributed by atoms with Crippen LogP contribution in [0.25, 0.3) is 10.8 Å². The predicted molar refractivity (Wildman–Crippen MR) is 74.3 cm³/mol. The first-order valence-corrected chi connectivity index (χ1v) is 7.53. The molecule has 2 N–H and O–H groups in total. The number of hydrogen-bond donors (Lipinski definition) is 1. The lowest BCUT2D eigenvalue weighted by atomic mass is 10.1. The quantitative estimate of drug-likeness (QED) is 0.921. The molecular weight excluding hydrogens is 246 g/mol. The summed E-state index contributed by atoms with van der Waals surface area (Å²) in [4.78, 5) is 0.377. The van der Waals surface area contributed by atoms with Gasteiger partial charge in [0.1, 0.15) is 0 Å². The van der Waals surface area contributed by atoms with Gasteiger partial charge in [-0.05, 0) is 42.8 Å². The molecule has 0 aliphatic rings. The Morgan fingerprint density at radius 1 is 1.11 bits per heavy atom. The zero-order valence-corrected chi connectivity index (χ0v) is 11.2. The Kier molecular flexibility index (Phi) is 3.68. The van der Waals surface area contributed by atoms with Gasteiger partial charge in [0, 0.05) is 0 Å². The van der Waals surface area contributed by atoms with E-state index in [2.05, 4.69) is 0 Å². The van der Waals surface area contributed by atoms with Gasteiger partial charge in [-0.15, -0.1) is 0 Å². The summed E-state index contributed by atoms with van der Waals surface area (Å²) < 4.78 is 24.6. The molecule has 4 heteroatoms. The van der Waals surface area contributed by atoms with Gasteiger partial charge in [0.2, 0.25) is 0 Å². The van der Waals surface area contributed by atoms with Crippen LogP contribution in [0.5, 0.6) is 0 Å². The van der Waals surface area contributed by atoms with Gasteiger partial charge in [-0.25, -0.2) is 8.42 Å². The van der Waals surface area contributed by atoms with Gasteiger partial charge in [0.15, 0.2) is 9.84 Å². The number of hydrogen-bond acceptors (Lipinski definition) is 3. The summed E-state index contributed by atoms with van der Waals surface area (Å²) in [5.74, 6) is 0. The van der Waals surface area contributed by atoms with Crippen LogP contribution in [0, 0.1) is 0 Å². The third-order valence-electron chi connectivity index (χ3n) is 3.15. The SMILES string of the molecule is CC(CCN)S(=O)(=O)c1ccc2ccccc2c1. The molecule has 96 valence electrons. The van der Waals surface area contributed by atoms with Crippen molar-refractivity contribution in [2.24, 2.45) is 5.73 Å². The number of rotatable bonds is 4. The summed E-state index contributed by atoms with van der Waals surface area (Å²) in [7, 11) is -3.27. The van der Waals surface area contributed by atoms with Gasteiger partial charge < -0.3 is 5.73 Å². The average Bonchev–Trinajstić information content (AvgIpc) is 2.38. The minimum absolute atomic E-state index is 0.377. The van der Waals surface area contributed by atoms with Crippen LogP contribution in [0.1, 0.15) is 13.3 Å². The smallest absolute Gasteiger partial charge is 0.181 e. The Labute approximate surface area is 108 Å². The van der Waals surface area contributed by atoms with Crippen molar-refractivity contribution in [2.45, 2.75) is 23.5 Å². The molecule has 0 heterocycles. The molecule has 0 radical (unpaired) electrons. The molecule has 2 aromatic rings. The van der Waals surface area contributed by atoms with Gasteiger partial charge in [0.05, 0.1) is 10.1 Å². The summed E-state index contributed by atoms with van der Waals surface area (Å²) in [6.45, 7) is 2.09. The Morgan fingerprint density at radius 3 is 2.44 bits per heavy atom. The van der Waals surface area contributed by atoms with Crippen molar-refractivity contribution >= 4 is 20.6 Å². The van der Waals surface area contributed by atoms with Gasteiger partial charge in [-0.2, -0.15) is 0 Å². The zero-order valence-electron chi connectivity index (χ0n) is 10.3. The summed E-state index contributed by atoms with van der Waals surface area (Å²) >= 11 is 0. The lowest BCUT2D eigenvalue weighted by Gasteiger charge is -2.12. The number of sulfone groups is 1. The highest BCUT2D eigenvalue weighted by molar-refractivity contribution is 7.92. The van der Waals surface area contributed by atoms with E-state index in [9.17, 15) is 8.42 Å². The van der Waals surface area contributed by atoms with Gasteiger partial charge in [-0.1, -0.05) is 30.3 Å². The highest BCUT2D eigenvalue weighted by Crippen LogP contribution is 2.22. The van der Waals surface area contributed by atoms with E-state index >= 15 is 0 Å². The molecule has 2 rings (SSSR count). The van der Waals surface area contributed by atoms with E-state index in [1.807, 2.05) is 30.3 Å². The molecule has 0 aromatic heterocycles. The van der Waals surface area contributed by atoms with Crippen LogP contribution >= 0.6 is 0 Å². The minimum atomic E-state index is -3.27. The number of benzene rings is 2. The first-order chi connectivity index (χ1) is 8.55. The Hall–Kier alpha value is -1.39. The van der Waals surface area contributed by atoms with E-state index in [1.165, 1.54) is 0 Å². The van der Waals surface area contributed by atoms with E-state index in [1.54, 1.807) is 19.1 Å². The third-order valence-corrected chi connectivity index (χ3v) is 5.36. The average molecular weight is 263 g/mol. The number of fused-ring (bicyclic) bond motifs is 1. The minimum Gasteiger partial charge on any atom is -0.330 e. The Morgan fingerprint density at radius 2 is 1.78 bits per heavy atom. The van der Waals surface area contributed by atoms with E-state index < -0.39 is 15.1 Å². The van der Waals surface area contributed by atoms with Crippen molar-refractivity contribution in [1.82, 2.24) is 0 Å². The van der Waals surface area contributed by atoms with Crippen molar-refractivity contribution < 1.29 is 8.42 Å². The Bertz CT molecular complexity index is 650. The van der Waals surface area contributed by atoms with Gasteiger partial charge in [-0.3, -0.25) is 0 Å².